The van der Waals surface area contributed by atoms with E-state index in [-0.39, 0.29) is 21.3 Å². The Balaban J connectivity index is 2.27. The molecule has 0 aromatic heterocycles. The van der Waals surface area contributed by atoms with Gasteiger partial charge in [-0.1, -0.05) is 34.8 Å². The van der Waals surface area contributed by atoms with Crippen LogP contribution in [0.25, 0.3) is 0 Å². The van der Waals surface area contributed by atoms with Crippen molar-refractivity contribution in [2.45, 2.75) is 0 Å². The first-order valence-corrected chi connectivity index (χ1v) is 6.80. The van der Waals surface area contributed by atoms with Crippen molar-refractivity contribution in [1.29, 1.82) is 0 Å². The average Bonchev–Trinajstić information content (AvgIpc) is 2.41. The van der Waals surface area contributed by atoms with E-state index in [0.717, 1.165) is 0 Å². The third kappa shape index (κ3) is 3.88. The lowest BCUT2D eigenvalue weighted by atomic mass is 10.1. The molecule has 0 radical (unpaired) electrons. The minimum atomic E-state index is -1.14. The molecule has 0 aliphatic carbocycles. The first-order valence-electron chi connectivity index (χ1n) is 5.67. The summed E-state index contributed by atoms with van der Waals surface area (Å²) in [4.78, 5) is 23.0. The lowest BCUT2D eigenvalue weighted by molar-refractivity contribution is 0.0696. The Labute approximate surface area is 135 Å². The van der Waals surface area contributed by atoms with Gasteiger partial charge in [0.1, 0.15) is 0 Å². The molecule has 21 heavy (non-hydrogen) atoms. The van der Waals surface area contributed by atoms with E-state index in [4.69, 9.17) is 39.9 Å². The third-order valence-corrected chi connectivity index (χ3v) is 3.54. The van der Waals surface area contributed by atoms with E-state index in [1.165, 1.54) is 36.4 Å². The zero-order valence-electron chi connectivity index (χ0n) is 10.4. The third-order valence-electron chi connectivity index (χ3n) is 2.58. The Kier molecular flexibility index (Phi) is 4.73. The largest absolute Gasteiger partial charge is 0.478 e. The Morgan fingerprint density at radius 2 is 1.62 bits per heavy atom. The number of carboxylic acid groups (broad SMARTS) is 1. The topological polar surface area (TPSA) is 66.4 Å². The van der Waals surface area contributed by atoms with Crippen LogP contribution in [0.3, 0.4) is 0 Å². The van der Waals surface area contributed by atoms with Gasteiger partial charge < -0.3 is 10.4 Å². The summed E-state index contributed by atoms with van der Waals surface area (Å²) in [6, 6.07) is 8.47. The molecule has 0 spiro atoms. The molecule has 0 atom stereocenters. The van der Waals surface area contributed by atoms with Crippen molar-refractivity contribution in [3.63, 3.8) is 0 Å². The molecular formula is C14H8Cl3NO3. The van der Waals surface area contributed by atoms with Crippen molar-refractivity contribution in [2.75, 3.05) is 5.32 Å². The number of carbonyl (C=O) groups excluding carboxylic acids is 1. The van der Waals surface area contributed by atoms with E-state index >= 15 is 0 Å². The number of anilines is 1. The number of aromatic carboxylic acids is 1. The van der Waals surface area contributed by atoms with E-state index in [1.807, 2.05) is 0 Å². The van der Waals surface area contributed by atoms with Crippen LogP contribution in [0.4, 0.5) is 5.69 Å². The quantitative estimate of drug-likeness (QED) is 0.855. The average molecular weight is 345 g/mol. The Bertz CT molecular complexity index is 731. The fraction of sp³-hybridized carbons (Fsp3) is 0. The highest BCUT2D eigenvalue weighted by Crippen LogP contribution is 2.24. The number of benzene rings is 2. The van der Waals surface area contributed by atoms with E-state index in [0.29, 0.717) is 10.6 Å². The van der Waals surface area contributed by atoms with Crippen molar-refractivity contribution < 1.29 is 14.7 Å². The monoisotopic (exact) mass is 343 g/mol. The summed E-state index contributed by atoms with van der Waals surface area (Å²) in [5.74, 6) is -1.59. The van der Waals surface area contributed by atoms with Crippen LogP contribution in [-0.2, 0) is 0 Å². The summed E-state index contributed by atoms with van der Waals surface area (Å²) in [6.45, 7) is 0. The van der Waals surface area contributed by atoms with Crippen molar-refractivity contribution in [2.24, 2.45) is 0 Å². The van der Waals surface area contributed by atoms with Gasteiger partial charge in [-0.2, -0.15) is 0 Å². The highest BCUT2D eigenvalue weighted by Gasteiger charge is 2.11. The number of hydrogen-bond acceptors (Lipinski definition) is 2. The highest BCUT2D eigenvalue weighted by atomic mass is 35.5. The lowest BCUT2D eigenvalue weighted by Gasteiger charge is -2.08. The van der Waals surface area contributed by atoms with Crippen LogP contribution >= 0.6 is 34.8 Å². The molecular weight excluding hydrogens is 337 g/mol. The molecule has 2 rings (SSSR count). The summed E-state index contributed by atoms with van der Waals surface area (Å²) in [5, 5.41) is 12.3. The minimum Gasteiger partial charge on any atom is -0.478 e. The summed E-state index contributed by atoms with van der Waals surface area (Å²) >= 11 is 17.4. The standard InChI is InChI=1S/C14H8Cl3NO3/c15-9-3-8(14(20)21)4-10(6-9)18-13(19)7-1-2-11(16)12(17)5-7/h1-6H,(H,18,19)(H,20,21). The van der Waals surface area contributed by atoms with Crippen molar-refractivity contribution in [1.82, 2.24) is 0 Å². The lowest BCUT2D eigenvalue weighted by Crippen LogP contribution is -2.12. The van der Waals surface area contributed by atoms with Gasteiger partial charge in [0.2, 0.25) is 0 Å². The van der Waals surface area contributed by atoms with Gasteiger partial charge in [-0.3, -0.25) is 4.79 Å². The molecule has 0 fully saturated rings. The molecule has 0 saturated carbocycles. The maximum atomic E-state index is 12.1. The van der Waals surface area contributed by atoms with Crippen LogP contribution in [0.1, 0.15) is 20.7 Å². The van der Waals surface area contributed by atoms with Gasteiger partial charge in [-0.25, -0.2) is 4.79 Å². The molecule has 0 aliphatic heterocycles. The molecule has 2 N–H and O–H groups in total. The zero-order valence-corrected chi connectivity index (χ0v) is 12.6. The summed E-state index contributed by atoms with van der Waals surface area (Å²) in [5.41, 5.74) is 0.546. The Hall–Kier alpha value is -1.75. The second-order valence-corrected chi connectivity index (χ2v) is 5.37. The second-order valence-electron chi connectivity index (χ2n) is 4.12. The summed E-state index contributed by atoms with van der Waals surface area (Å²) in [6.07, 6.45) is 0. The molecule has 0 saturated heterocycles. The fourth-order valence-corrected chi connectivity index (χ4v) is 2.16. The highest BCUT2D eigenvalue weighted by molar-refractivity contribution is 6.42. The molecule has 1 amide bonds. The zero-order chi connectivity index (χ0) is 15.6. The number of hydrogen-bond donors (Lipinski definition) is 2. The summed E-state index contributed by atoms with van der Waals surface area (Å²) < 4.78 is 0. The van der Waals surface area contributed by atoms with Gasteiger partial charge in [0, 0.05) is 16.3 Å². The predicted molar refractivity (Wildman–Crippen MR) is 82.8 cm³/mol. The fourth-order valence-electron chi connectivity index (χ4n) is 1.63. The van der Waals surface area contributed by atoms with Gasteiger partial charge >= 0.3 is 5.97 Å². The molecule has 108 valence electrons. The number of amides is 1. The van der Waals surface area contributed by atoms with Crippen LogP contribution in [0, 0.1) is 0 Å². The number of rotatable bonds is 3. The van der Waals surface area contributed by atoms with Crippen molar-refractivity contribution in [3.8, 4) is 0 Å². The van der Waals surface area contributed by atoms with Crippen molar-refractivity contribution >= 4 is 52.4 Å². The van der Waals surface area contributed by atoms with Crippen LogP contribution in [0.2, 0.25) is 15.1 Å². The number of carbonyl (C=O) groups is 2. The van der Waals surface area contributed by atoms with E-state index in [2.05, 4.69) is 5.32 Å². The van der Waals surface area contributed by atoms with Gasteiger partial charge in [-0.15, -0.1) is 0 Å². The Morgan fingerprint density at radius 1 is 0.905 bits per heavy atom. The van der Waals surface area contributed by atoms with Gasteiger partial charge in [-0.05, 0) is 36.4 Å². The number of carboxylic acids is 1. The SMILES string of the molecule is O=C(O)c1cc(Cl)cc(NC(=O)c2ccc(Cl)c(Cl)c2)c1. The molecule has 0 heterocycles. The Morgan fingerprint density at radius 3 is 2.24 bits per heavy atom. The van der Waals surface area contributed by atoms with Gasteiger partial charge in [0.15, 0.2) is 0 Å². The second kappa shape index (κ2) is 6.35. The van der Waals surface area contributed by atoms with Gasteiger partial charge in [0.25, 0.3) is 5.91 Å². The van der Waals surface area contributed by atoms with Crippen LogP contribution in [0.15, 0.2) is 36.4 Å². The van der Waals surface area contributed by atoms with Crippen molar-refractivity contribution in [3.05, 3.63) is 62.6 Å². The molecule has 4 nitrogen and oxygen atoms in total. The van der Waals surface area contributed by atoms with Crippen LogP contribution in [-0.4, -0.2) is 17.0 Å². The molecule has 0 aliphatic rings. The molecule has 7 heteroatoms. The molecule has 0 bridgehead atoms. The van der Waals surface area contributed by atoms with E-state index in [1.54, 1.807) is 0 Å². The predicted octanol–water partition coefficient (Wildman–Crippen LogP) is 4.60. The smallest absolute Gasteiger partial charge is 0.335 e. The first-order chi connectivity index (χ1) is 9.86. The maximum Gasteiger partial charge on any atom is 0.335 e. The first kappa shape index (κ1) is 15.6. The normalized spacial score (nSPS) is 10.2. The maximum absolute atomic E-state index is 12.1. The van der Waals surface area contributed by atoms with Gasteiger partial charge in [0.05, 0.1) is 15.6 Å². The number of nitrogens with one attached hydrogen (secondary N) is 1. The molecule has 2 aromatic carbocycles. The van der Waals surface area contributed by atoms with E-state index < -0.39 is 11.9 Å². The molecule has 2 aromatic rings. The number of halogens is 3. The minimum absolute atomic E-state index is 0.0214. The van der Waals surface area contributed by atoms with E-state index in [9.17, 15) is 9.59 Å². The van der Waals surface area contributed by atoms with Crippen LogP contribution in [0.5, 0.6) is 0 Å². The van der Waals surface area contributed by atoms with Crippen LogP contribution < -0.4 is 5.32 Å². The summed E-state index contributed by atoms with van der Waals surface area (Å²) in [7, 11) is 0. The molecule has 0 unspecified atom stereocenters.